The van der Waals surface area contributed by atoms with Gasteiger partial charge in [-0.15, -0.1) is 0 Å². The number of hydrogen-bond donors (Lipinski definition) is 3. The fourth-order valence-electron chi connectivity index (χ4n) is 2.01. The maximum Gasteiger partial charge on any atom is 0.148 e. The lowest BCUT2D eigenvalue weighted by atomic mass is 10.2. The predicted octanol–water partition coefficient (Wildman–Crippen LogP) is 2.69. The highest BCUT2D eigenvalue weighted by Gasteiger charge is 2.11. The molecule has 6 heteroatoms. The van der Waals surface area contributed by atoms with Crippen LogP contribution >= 0.6 is 0 Å². The van der Waals surface area contributed by atoms with E-state index >= 15 is 0 Å². The van der Waals surface area contributed by atoms with Crippen molar-refractivity contribution in [1.29, 1.82) is 0 Å². The molecule has 0 radical (unpaired) electrons. The van der Waals surface area contributed by atoms with Gasteiger partial charge in [0, 0.05) is 17.7 Å². The molecule has 2 aromatic rings. The van der Waals surface area contributed by atoms with Crippen molar-refractivity contribution in [3.63, 3.8) is 0 Å². The minimum Gasteiger partial charge on any atom is -0.497 e. The smallest absolute Gasteiger partial charge is 0.148 e. The molecule has 0 fully saturated rings. The number of rotatable bonds is 5. The summed E-state index contributed by atoms with van der Waals surface area (Å²) in [5.74, 6) is 8.48. The quantitative estimate of drug-likeness (QED) is 0.579. The summed E-state index contributed by atoms with van der Waals surface area (Å²) in [5.41, 5.74) is 5.55. The minimum absolute atomic E-state index is 0.635. The maximum atomic E-state index is 5.52. The Morgan fingerprint density at radius 1 is 1.19 bits per heavy atom. The van der Waals surface area contributed by atoms with Gasteiger partial charge in [0.1, 0.15) is 23.2 Å². The molecule has 0 bridgehead atoms. The number of methoxy groups -OCH3 is 1. The van der Waals surface area contributed by atoms with Crippen molar-refractivity contribution in [2.75, 3.05) is 17.9 Å². The average molecular weight is 287 g/mol. The van der Waals surface area contributed by atoms with Crippen LogP contribution < -0.4 is 21.3 Å². The van der Waals surface area contributed by atoms with Gasteiger partial charge >= 0.3 is 0 Å². The lowest BCUT2D eigenvalue weighted by Gasteiger charge is -2.15. The van der Waals surface area contributed by atoms with E-state index in [2.05, 4.69) is 20.7 Å². The Kier molecular flexibility index (Phi) is 4.59. The number of hydrazine groups is 1. The van der Waals surface area contributed by atoms with E-state index in [0.717, 1.165) is 40.6 Å². The van der Waals surface area contributed by atoms with Crippen LogP contribution in [-0.2, 0) is 6.42 Å². The molecular formula is C15H21N5O. The second-order valence-corrected chi connectivity index (χ2v) is 4.77. The highest BCUT2D eigenvalue weighted by molar-refractivity contribution is 5.67. The molecule has 0 saturated carbocycles. The summed E-state index contributed by atoms with van der Waals surface area (Å²) in [6.07, 6.45) is 0.741. The number of aryl methyl sites for hydroxylation is 2. The van der Waals surface area contributed by atoms with E-state index in [-0.39, 0.29) is 0 Å². The Morgan fingerprint density at radius 3 is 2.48 bits per heavy atom. The summed E-state index contributed by atoms with van der Waals surface area (Å²) in [6.45, 7) is 5.95. The molecule has 1 aromatic carbocycles. The topological polar surface area (TPSA) is 85.1 Å². The molecule has 1 heterocycles. The Labute approximate surface area is 124 Å². The van der Waals surface area contributed by atoms with Gasteiger partial charge < -0.3 is 15.5 Å². The molecule has 0 unspecified atom stereocenters. The van der Waals surface area contributed by atoms with Crippen LogP contribution in [0, 0.1) is 13.8 Å². The summed E-state index contributed by atoms with van der Waals surface area (Å²) in [5, 5.41) is 3.34. The third-order valence-electron chi connectivity index (χ3n) is 3.33. The van der Waals surface area contributed by atoms with Crippen molar-refractivity contribution in [2.45, 2.75) is 27.2 Å². The number of ether oxygens (including phenoxy) is 1. The Morgan fingerprint density at radius 2 is 1.90 bits per heavy atom. The van der Waals surface area contributed by atoms with Crippen LogP contribution in [0.15, 0.2) is 18.2 Å². The van der Waals surface area contributed by atoms with Crippen molar-refractivity contribution in [2.24, 2.45) is 5.84 Å². The molecule has 112 valence electrons. The minimum atomic E-state index is 0.635. The van der Waals surface area contributed by atoms with Gasteiger partial charge in [-0.3, -0.25) is 0 Å². The monoisotopic (exact) mass is 287 g/mol. The van der Waals surface area contributed by atoms with Gasteiger partial charge in [-0.1, -0.05) is 6.92 Å². The van der Waals surface area contributed by atoms with E-state index in [1.165, 1.54) is 0 Å². The van der Waals surface area contributed by atoms with Crippen molar-refractivity contribution in [3.05, 3.63) is 35.2 Å². The van der Waals surface area contributed by atoms with E-state index in [4.69, 9.17) is 10.6 Å². The van der Waals surface area contributed by atoms with E-state index in [9.17, 15) is 0 Å². The summed E-state index contributed by atoms with van der Waals surface area (Å²) in [7, 11) is 1.66. The van der Waals surface area contributed by atoms with Gasteiger partial charge in [0.2, 0.25) is 0 Å². The molecule has 21 heavy (non-hydrogen) atoms. The second-order valence-electron chi connectivity index (χ2n) is 4.77. The Hall–Kier alpha value is -2.34. The number of hydrogen-bond acceptors (Lipinski definition) is 6. The molecule has 0 amide bonds. The van der Waals surface area contributed by atoms with E-state index < -0.39 is 0 Å². The summed E-state index contributed by atoms with van der Waals surface area (Å²) in [6, 6.07) is 5.85. The summed E-state index contributed by atoms with van der Waals surface area (Å²) >= 11 is 0. The maximum absolute atomic E-state index is 5.52. The molecule has 1 aromatic heterocycles. The largest absolute Gasteiger partial charge is 0.497 e. The van der Waals surface area contributed by atoms with Crippen LogP contribution in [-0.4, -0.2) is 17.1 Å². The molecule has 2 rings (SSSR count). The Bertz CT molecular complexity index is 642. The Balaban J connectivity index is 2.39. The van der Waals surface area contributed by atoms with Crippen LogP contribution in [0.2, 0.25) is 0 Å². The van der Waals surface area contributed by atoms with Crippen molar-refractivity contribution in [3.8, 4) is 5.75 Å². The molecule has 0 aliphatic heterocycles. The third-order valence-corrected chi connectivity index (χ3v) is 3.33. The molecule has 0 aliphatic carbocycles. The normalized spacial score (nSPS) is 10.3. The lowest BCUT2D eigenvalue weighted by molar-refractivity contribution is 0.414. The number of benzene rings is 1. The first-order chi connectivity index (χ1) is 10.1. The van der Waals surface area contributed by atoms with Crippen LogP contribution in [0.4, 0.5) is 17.3 Å². The molecule has 0 spiro atoms. The number of aromatic nitrogens is 2. The summed E-state index contributed by atoms with van der Waals surface area (Å²) in [4.78, 5) is 8.88. The predicted molar refractivity (Wildman–Crippen MR) is 85.0 cm³/mol. The van der Waals surface area contributed by atoms with Gasteiger partial charge in [-0.05, 0) is 37.6 Å². The van der Waals surface area contributed by atoms with E-state index in [1.807, 2.05) is 39.0 Å². The SMILES string of the molecule is CCc1nc(NN)c(C)c(Nc2ccc(OC)cc2C)n1. The summed E-state index contributed by atoms with van der Waals surface area (Å²) < 4.78 is 5.22. The van der Waals surface area contributed by atoms with E-state index in [0.29, 0.717) is 5.82 Å². The van der Waals surface area contributed by atoms with Crippen molar-refractivity contribution >= 4 is 17.3 Å². The first-order valence-electron chi connectivity index (χ1n) is 6.84. The zero-order chi connectivity index (χ0) is 15.4. The highest BCUT2D eigenvalue weighted by Crippen LogP contribution is 2.27. The first kappa shape index (κ1) is 15.1. The fourth-order valence-corrected chi connectivity index (χ4v) is 2.01. The zero-order valence-corrected chi connectivity index (χ0v) is 12.8. The average Bonchev–Trinajstić information content (AvgIpc) is 2.50. The van der Waals surface area contributed by atoms with Gasteiger partial charge in [0.05, 0.1) is 7.11 Å². The van der Waals surface area contributed by atoms with Gasteiger partial charge in [-0.25, -0.2) is 15.8 Å². The number of nitrogens with one attached hydrogen (secondary N) is 2. The molecule has 6 nitrogen and oxygen atoms in total. The van der Waals surface area contributed by atoms with E-state index in [1.54, 1.807) is 7.11 Å². The zero-order valence-electron chi connectivity index (χ0n) is 12.8. The van der Waals surface area contributed by atoms with Crippen molar-refractivity contribution < 1.29 is 4.74 Å². The van der Waals surface area contributed by atoms with Gasteiger partial charge in [0.25, 0.3) is 0 Å². The molecule has 0 atom stereocenters. The standard InChI is InChI=1S/C15H21N5O/c1-5-13-18-14(10(3)15(19-13)20-16)17-12-7-6-11(21-4)8-9(12)2/h6-8H,5,16H2,1-4H3,(H2,17,18,19,20). The molecule has 0 saturated heterocycles. The number of anilines is 3. The van der Waals surface area contributed by atoms with Crippen LogP contribution in [0.1, 0.15) is 23.9 Å². The first-order valence-corrected chi connectivity index (χ1v) is 6.84. The van der Waals surface area contributed by atoms with Crippen LogP contribution in [0.3, 0.4) is 0 Å². The van der Waals surface area contributed by atoms with Crippen molar-refractivity contribution in [1.82, 2.24) is 9.97 Å². The molecular weight excluding hydrogens is 266 g/mol. The lowest BCUT2D eigenvalue weighted by Crippen LogP contribution is -2.14. The number of nitrogen functional groups attached to an aromatic ring is 1. The number of nitrogens with two attached hydrogens (primary N) is 1. The van der Waals surface area contributed by atoms with Gasteiger partial charge in [-0.2, -0.15) is 0 Å². The fraction of sp³-hybridized carbons (Fsp3) is 0.333. The van der Waals surface area contributed by atoms with Gasteiger partial charge in [0.15, 0.2) is 0 Å². The third kappa shape index (κ3) is 3.22. The molecule has 0 aliphatic rings. The number of nitrogens with zero attached hydrogens (tertiary/aromatic N) is 2. The van der Waals surface area contributed by atoms with Crippen LogP contribution in [0.5, 0.6) is 5.75 Å². The molecule has 4 N–H and O–H groups in total. The highest BCUT2D eigenvalue weighted by atomic mass is 16.5. The second kappa shape index (κ2) is 6.41. The van der Waals surface area contributed by atoms with Crippen LogP contribution in [0.25, 0.3) is 0 Å².